The van der Waals surface area contributed by atoms with Crippen molar-refractivity contribution in [3.63, 3.8) is 0 Å². The van der Waals surface area contributed by atoms with Gasteiger partial charge in [-0.15, -0.1) is 11.3 Å². The van der Waals surface area contributed by atoms with Gasteiger partial charge in [0.05, 0.1) is 35.9 Å². The van der Waals surface area contributed by atoms with Crippen molar-refractivity contribution in [3.05, 3.63) is 48.0 Å². The number of benzene rings is 2. The number of amides is 1. The summed E-state index contributed by atoms with van der Waals surface area (Å²) in [5.74, 6) is 1.13. The van der Waals surface area contributed by atoms with Crippen LogP contribution < -0.4 is 14.9 Å². The molecule has 2 aromatic carbocycles. The summed E-state index contributed by atoms with van der Waals surface area (Å²) in [5, 5.41) is 3.72. The van der Waals surface area contributed by atoms with E-state index in [4.69, 9.17) is 9.47 Å². The summed E-state index contributed by atoms with van der Waals surface area (Å²) in [7, 11) is 3.17. The van der Waals surface area contributed by atoms with Gasteiger partial charge in [0, 0.05) is 5.56 Å². The molecule has 1 aromatic heterocycles. The van der Waals surface area contributed by atoms with Gasteiger partial charge in [0.15, 0.2) is 4.34 Å². The zero-order valence-electron chi connectivity index (χ0n) is 15.1. The average molecular weight is 402 g/mol. The minimum atomic E-state index is -0.324. The number of fused-ring (bicyclic) bond motifs is 1. The Hall–Kier alpha value is -2.58. The third kappa shape index (κ3) is 4.78. The normalized spacial score (nSPS) is 12.3. The van der Waals surface area contributed by atoms with E-state index in [1.54, 1.807) is 43.8 Å². The summed E-state index contributed by atoms with van der Waals surface area (Å²) in [5.41, 5.74) is 4.22. The molecule has 0 bridgehead atoms. The first-order valence-corrected chi connectivity index (χ1v) is 9.87. The highest BCUT2D eigenvalue weighted by Gasteiger charge is 2.16. The quantitative estimate of drug-likeness (QED) is 0.369. The Morgan fingerprint density at radius 1 is 1.26 bits per heavy atom. The Balaban J connectivity index is 1.62. The van der Waals surface area contributed by atoms with Crippen LogP contribution in [-0.2, 0) is 4.79 Å². The van der Waals surface area contributed by atoms with E-state index in [9.17, 15) is 4.79 Å². The number of methoxy groups -OCH3 is 2. The Morgan fingerprint density at radius 3 is 2.81 bits per heavy atom. The molecule has 3 aromatic rings. The molecule has 1 amide bonds. The minimum Gasteiger partial charge on any atom is -0.497 e. The number of aromatic nitrogens is 1. The second-order valence-corrected chi connectivity index (χ2v) is 8.17. The molecule has 1 atom stereocenters. The van der Waals surface area contributed by atoms with Crippen molar-refractivity contribution in [2.45, 2.75) is 16.5 Å². The molecule has 0 unspecified atom stereocenters. The first-order chi connectivity index (χ1) is 13.1. The number of hydrazone groups is 1. The first kappa shape index (κ1) is 19.2. The number of thioether (sulfide) groups is 1. The Kier molecular flexibility index (Phi) is 6.31. The summed E-state index contributed by atoms with van der Waals surface area (Å²) in [6.45, 7) is 1.83. The number of hydrogen-bond donors (Lipinski definition) is 1. The molecule has 1 heterocycles. The van der Waals surface area contributed by atoms with Crippen LogP contribution in [0.3, 0.4) is 0 Å². The number of rotatable bonds is 7. The Morgan fingerprint density at radius 2 is 2.07 bits per heavy atom. The monoisotopic (exact) mass is 401 g/mol. The lowest BCUT2D eigenvalue weighted by Gasteiger charge is -2.08. The van der Waals surface area contributed by atoms with Gasteiger partial charge in [0.1, 0.15) is 11.5 Å². The fraction of sp³-hybridized carbons (Fsp3) is 0.211. The molecular weight excluding hydrogens is 382 g/mol. The summed E-state index contributed by atoms with van der Waals surface area (Å²) in [6, 6.07) is 13.3. The van der Waals surface area contributed by atoms with Crippen LogP contribution >= 0.6 is 23.1 Å². The zero-order chi connectivity index (χ0) is 19.2. The van der Waals surface area contributed by atoms with Gasteiger partial charge in [-0.25, -0.2) is 10.4 Å². The van der Waals surface area contributed by atoms with E-state index in [2.05, 4.69) is 15.5 Å². The molecule has 0 radical (unpaired) electrons. The average Bonchev–Trinajstić information content (AvgIpc) is 3.09. The molecule has 3 rings (SSSR count). The number of nitrogens with zero attached hydrogens (tertiary/aromatic N) is 2. The molecule has 0 aliphatic carbocycles. The van der Waals surface area contributed by atoms with Gasteiger partial charge in [-0.1, -0.05) is 23.9 Å². The van der Waals surface area contributed by atoms with E-state index in [-0.39, 0.29) is 11.2 Å². The number of hydrogen-bond acceptors (Lipinski definition) is 7. The number of thiazole rings is 1. The van der Waals surface area contributed by atoms with Crippen molar-refractivity contribution in [2.24, 2.45) is 5.10 Å². The Bertz CT molecular complexity index is 939. The van der Waals surface area contributed by atoms with Gasteiger partial charge in [-0.3, -0.25) is 4.79 Å². The van der Waals surface area contributed by atoms with E-state index >= 15 is 0 Å². The van der Waals surface area contributed by atoms with Crippen LogP contribution in [-0.4, -0.2) is 36.6 Å². The summed E-state index contributed by atoms with van der Waals surface area (Å²) in [6.07, 6.45) is 1.54. The molecule has 0 spiro atoms. The molecule has 0 aliphatic rings. The van der Waals surface area contributed by atoms with Crippen molar-refractivity contribution < 1.29 is 14.3 Å². The van der Waals surface area contributed by atoms with E-state index in [1.807, 2.05) is 31.2 Å². The van der Waals surface area contributed by atoms with Gasteiger partial charge >= 0.3 is 0 Å². The van der Waals surface area contributed by atoms with E-state index in [0.29, 0.717) is 17.1 Å². The van der Waals surface area contributed by atoms with Crippen molar-refractivity contribution in [1.29, 1.82) is 0 Å². The molecule has 27 heavy (non-hydrogen) atoms. The second-order valence-electron chi connectivity index (χ2n) is 5.55. The highest BCUT2D eigenvalue weighted by molar-refractivity contribution is 8.02. The van der Waals surface area contributed by atoms with Crippen molar-refractivity contribution in [3.8, 4) is 11.5 Å². The van der Waals surface area contributed by atoms with E-state index in [1.165, 1.54) is 18.0 Å². The maximum absolute atomic E-state index is 12.3. The highest BCUT2D eigenvalue weighted by atomic mass is 32.2. The van der Waals surface area contributed by atoms with Gasteiger partial charge < -0.3 is 9.47 Å². The molecule has 0 fully saturated rings. The fourth-order valence-electron chi connectivity index (χ4n) is 2.30. The minimum absolute atomic E-state index is 0.197. The molecule has 0 aliphatic heterocycles. The summed E-state index contributed by atoms with van der Waals surface area (Å²) in [4.78, 5) is 16.8. The van der Waals surface area contributed by atoms with Crippen LogP contribution in [0.15, 0.2) is 51.9 Å². The van der Waals surface area contributed by atoms with Crippen LogP contribution in [0.4, 0.5) is 0 Å². The third-order valence-corrected chi connectivity index (χ3v) is 5.97. The molecule has 0 saturated carbocycles. The second kappa shape index (κ2) is 8.88. The lowest BCUT2D eigenvalue weighted by molar-refractivity contribution is -0.120. The number of para-hydroxylation sites is 1. The van der Waals surface area contributed by atoms with Gasteiger partial charge in [-0.2, -0.15) is 5.10 Å². The maximum atomic E-state index is 12.3. The SMILES string of the molecule is COc1ccc(OC)c(/C=N\NC(=O)[C@@H](C)Sc2nc3ccccc3s2)c1. The molecule has 8 heteroatoms. The number of carbonyl (C=O) groups excluding carboxylic acids is 1. The molecule has 1 N–H and O–H groups in total. The van der Waals surface area contributed by atoms with Crippen molar-refractivity contribution in [1.82, 2.24) is 10.4 Å². The topological polar surface area (TPSA) is 72.8 Å². The lowest BCUT2D eigenvalue weighted by Crippen LogP contribution is -2.26. The predicted octanol–water partition coefficient (Wildman–Crippen LogP) is 3.94. The van der Waals surface area contributed by atoms with Crippen LogP contribution in [0.2, 0.25) is 0 Å². The fourth-order valence-corrected chi connectivity index (χ4v) is 4.51. The molecule has 0 saturated heterocycles. The first-order valence-electron chi connectivity index (χ1n) is 8.18. The zero-order valence-corrected chi connectivity index (χ0v) is 16.8. The van der Waals surface area contributed by atoms with Crippen LogP contribution in [0.5, 0.6) is 11.5 Å². The van der Waals surface area contributed by atoms with Crippen LogP contribution in [0, 0.1) is 0 Å². The largest absolute Gasteiger partial charge is 0.497 e. The van der Waals surface area contributed by atoms with Crippen molar-refractivity contribution >= 4 is 45.4 Å². The number of carbonyl (C=O) groups is 1. The van der Waals surface area contributed by atoms with E-state index < -0.39 is 0 Å². The van der Waals surface area contributed by atoms with Crippen LogP contribution in [0.1, 0.15) is 12.5 Å². The van der Waals surface area contributed by atoms with E-state index in [0.717, 1.165) is 14.6 Å². The van der Waals surface area contributed by atoms with Gasteiger partial charge in [0.25, 0.3) is 5.91 Å². The number of ether oxygens (including phenoxy) is 2. The standard InChI is InChI=1S/C19H19N3O3S2/c1-12(26-19-21-15-6-4-5-7-17(15)27-19)18(23)22-20-11-13-10-14(24-2)8-9-16(13)25-3/h4-12H,1-3H3,(H,22,23)/b20-11-/t12-/m1/s1. The lowest BCUT2D eigenvalue weighted by atomic mass is 10.2. The van der Waals surface area contributed by atoms with Crippen LogP contribution in [0.25, 0.3) is 10.2 Å². The molecular formula is C19H19N3O3S2. The Labute approximate surface area is 165 Å². The van der Waals surface area contributed by atoms with Gasteiger partial charge in [-0.05, 0) is 37.3 Å². The highest BCUT2D eigenvalue weighted by Crippen LogP contribution is 2.31. The summed E-state index contributed by atoms with van der Waals surface area (Å²) >= 11 is 2.99. The summed E-state index contributed by atoms with van der Waals surface area (Å²) < 4.78 is 12.5. The number of nitrogens with one attached hydrogen (secondary N) is 1. The van der Waals surface area contributed by atoms with Gasteiger partial charge in [0.2, 0.25) is 0 Å². The smallest absolute Gasteiger partial charge is 0.253 e. The maximum Gasteiger partial charge on any atom is 0.253 e. The molecule has 140 valence electrons. The molecule has 6 nitrogen and oxygen atoms in total. The predicted molar refractivity (Wildman–Crippen MR) is 110 cm³/mol. The van der Waals surface area contributed by atoms with Crippen molar-refractivity contribution in [2.75, 3.05) is 14.2 Å². The third-order valence-electron chi connectivity index (χ3n) is 3.74.